The minimum atomic E-state index is -0.721. The highest BCUT2D eigenvalue weighted by atomic mass is 35.5. The van der Waals surface area contributed by atoms with E-state index in [1.165, 1.54) is 0 Å². The molecule has 5 heteroatoms. The van der Waals surface area contributed by atoms with E-state index in [-0.39, 0.29) is 5.78 Å². The fourth-order valence-corrected chi connectivity index (χ4v) is 3.58. The predicted molar refractivity (Wildman–Crippen MR) is 108 cm³/mol. The van der Waals surface area contributed by atoms with Crippen LogP contribution in [-0.4, -0.2) is 17.7 Å². The van der Waals surface area contributed by atoms with Crippen molar-refractivity contribution in [1.82, 2.24) is 0 Å². The number of nitrogens with zero attached hydrogens (tertiary/aromatic N) is 1. The van der Waals surface area contributed by atoms with E-state index in [2.05, 4.69) is 4.99 Å². The van der Waals surface area contributed by atoms with Crippen LogP contribution in [0.2, 0.25) is 10.0 Å². The van der Waals surface area contributed by atoms with Crippen LogP contribution in [0.4, 0.5) is 0 Å². The maximum Gasteiger partial charge on any atom is 0.217 e. The molecule has 0 amide bonds. The molecule has 4 rings (SSSR count). The molecular formula is C22H15Cl2NO2. The summed E-state index contributed by atoms with van der Waals surface area (Å²) in [6.45, 7) is 0. The van der Waals surface area contributed by atoms with E-state index in [4.69, 9.17) is 27.9 Å². The standard InChI is InChI=1S/C22H15Cl2NO2/c23-16-11-12-17(18(24)13-16)21-19(20(26)14-7-3-1-4-8-14)25-22(27-21)15-9-5-2-6-10-15/h1-13,19,21H/t19-,21-/m1/s1. The van der Waals surface area contributed by atoms with Crippen molar-refractivity contribution in [1.29, 1.82) is 0 Å². The quantitative estimate of drug-likeness (QED) is 0.526. The van der Waals surface area contributed by atoms with E-state index in [1.807, 2.05) is 48.5 Å². The lowest BCUT2D eigenvalue weighted by Gasteiger charge is -2.19. The maximum absolute atomic E-state index is 13.1. The fraction of sp³-hybridized carbons (Fsp3) is 0.0909. The summed E-state index contributed by atoms with van der Waals surface area (Å²) in [5.41, 5.74) is 2.08. The predicted octanol–water partition coefficient (Wildman–Crippen LogP) is 5.76. The number of Topliss-reactive ketones (excluding diaryl/α,β-unsaturated/α-hetero) is 1. The van der Waals surface area contributed by atoms with Gasteiger partial charge in [-0.1, -0.05) is 77.8 Å². The Bertz CT molecular complexity index is 1000. The highest BCUT2D eigenvalue weighted by molar-refractivity contribution is 6.35. The van der Waals surface area contributed by atoms with E-state index >= 15 is 0 Å². The Morgan fingerprint density at radius 1 is 0.889 bits per heavy atom. The smallest absolute Gasteiger partial charge is 0.217 e. The van der Waals surface area contributed by atoms with E-state index in [1.54, 1.807) is 30.3 Å². The van der Waals surface area contributed by atoms with Crippen molar-refractivity contribution >= 4 is 34.9 Å². The van der Waals surface area contributed by atoms with Gasteiger partial charge in [0.25, 0.3) is 0 Å². The topological polar surface area (TPSA) is 38.7 Å². The van der Waals surface area contributed by atoms with Gasteiger partial charge in [-0.3, -0.25) is 4.79 Å². The summed E-state index contributed by atoms with van der Waals surface area (Å²) < 4.78 is 6.11. The normalized spacial score (nSPS) is 18.7. The summed E-state index contributed by atoms with van der Waals surface area (Å²) in [5.74, 6) is 0.318. The van der Waals surface area contributed by atoms with Crippen molar-refractivity contribution in [2.75, 3.05) is 0 Å². The van der Waals surface area contributed by atoms with Crippen molar-refractivity contribution in [2.24, 2.45) is 4.99 Å². The van der Waals surface area contributed by atoms with Crippen molar-refractivity contribution in [3.63, 3.8) is 0 Å². The molecule has 0 radical (unpaired) electrons. The third-order valence-electron chi connectivity index (χ3n) is 4.40. The molecular weight excluding hydrogens is 381 g/mol. The van der Waals surface area contributed by atoms with Gasteiger partial charge >= 0.3 is 0 Å². The SMILES string of the molecule is O=C(c1ccccc1)[C@H]1N=C(c2ccccc2)O[C@@H]1c1ccc(Cl)cc1Cl. The number of rotatable bonds is 4. The number of ketones is 1. The number of benzene rings is 3. The average molecular weight is 396 g/mol. The van der Waals surface area contributed by atoms with E-state index < -0.39 is 12.1 Å². The number of hydrogen-bond acceptors (Lipinski definition) is 3. The minimum Gasteiger partial charge on any atom is -0.466 e. The van der Waals surface area contributed by atoms with Crippen molar-refractivity contribution in [3.8, 4) is 0 Å². The van der Waals surface area contributed by atoms with Crippen LogP contribution < -0.4 is 0 Å². The molecule has 3 aromatic rings. The second kappa shape index (κ2) is 7.55. The van der Waals surface area contributed by atoms with Gasteiger partial charge < -0.3 is 4.74 Å². The molecule has 1 aliphatic heterocycles. The van der Waals surface area contributed by atoms with Crippen LogP contribution in [0.1, 0.15) is 27.6 Å². The number of halogens is 2. The zero-order chi connectivity index (χ0) is 18.8. The Morgan fingerprint density at radius 3 is 2.22 bits per heavy atom. The third-order valence-corrected chi connectivity index (χ3v) is 4.96. The fourth-order valence-electron chi connectivity index (χ4n) is 3.07. The zero-order valence-corrected chi connectivity index (χ0v) is 15.7. The van der Waals surface area contributed by atoms with Crippen LogP contribution in [0.3, 0.4) is 0 Å². The van der Waals surface area contributed by atoms with Crippen LogP contribution in [0, 0.1) is 0 Å². The molecule has 0 spiro atoms. The van der Waals surface area contributed by atoms with Crippen molar-refractivity contribution < 1.29 is 9.53 Å². The van der Waals surface area contributed by atoms with Crippen molar-refractivity contribution in [2.45, 2.75) is 12.1 Å². The van der Waals surface area contributed by atoms with E-state index in [0.717, 1.165) is 5.56 Å². The highest BCUT2D eigenvalue weighted by Crippen LogP contribution is 2.37. The summed E-state index contributed by atoms with van der Waals surface area (Å²) in [6.07, 6.45) is -0.613. The van der Waals surface area contributed by atoms with E-state index in [9.17, 15) is 4.79 Å². The van der Waals surface area contributed by atoms with Crippen molar-refractivity contribution in [3.05, 3.63) is 106 Å². The molecule has 0 fully saturated rings. The summed E-state index contributed by atoms with van der Waals surface area (Å²) >= 11 is 12.4. The largest absolute Gasteiger partial charge is 0.466 e. The third kappa shape index (κ3) is 3.61. The van der Waals surface area contributed by atoms with Crippen LogP contribution in [0.5, 0.6) is 0 Å². The van der Waals surface area contributed by atoms with Gasteiger partial charge in [-0.15, -0.1) is 0 Å². The molecule has 2 atom stereocenters. The highest BCUT2D eigenvalue weighted by Gasteiger charge is 2.39. The first kappa shape index (κ1) is 17.8. The molecule has 0 N–H and O–H groups in total. The van der Waals surface area contributed by atoms with Gasteiger partial charge in [0.2, 0.25) is 5.90 Å². The Kier molecular flexibility index (Phi) is 4.97. The number of carbonyl (C=O) groups excluding carboxylic acids is 1. The maximum atomic E-state index is 13.1. The molecule has 3 nitrogen and oxygen atoms in total. The first-order valence-corrected chi connectivity index (χ1v) is 9.23. The van der Waals surface area contributed by atoms with Gasteiger partial charge in [-0.2, -0.15) is 0 Å². The number of hydrogen-bond donors (Lipinski definition) is 0. The lowest BCUT2D eigenvalue weighted by Crippen LogP contribution is -2.24. The van der Waals surface area contributed by atoms with E-state index in [0.29, 0.717) is 27.1 Å². The lowest BCUT2D eigenvalue weighted by atomic mass is 9.95. The van der Waals surface area contributed by atoms with Crippen LogP contribution in [0.15, 0.2) is 83.9 Å². The molecule has 3 aromatic carbocycles. The molecule has 134 valence electrons. The molecule has 27 heavy (non-hydrogen) atoms. The molecule has 0 bridgehead atoms. The molecule has 1 aliphatic rings. The second-order valence-electron chi connectivity index (χ2n) is 6.18. The van der Waals surface area contributed by atoms with Gasteiger partial charge in [0, 0.05) is 26.7 Å². The Hall–Kier alpha value is -2.62. The second-order valence-corrected chi connectivity index (χ2v) is 7.02. The Balaban J connectivity index is 1.76. The first-order valence-electron chi connectivity index (χ1n) is 8.47. The van der Waals surface area contributed by atoms with Gasteiger partial charge in [0.15, 0.2) is 17.9 Å². The Labute approximate surface area is 167 Å². The lowest BCUT2D eigenvalue weighted by molar-refractivity contribution is 0.0890. The van der Waals surface area contributed by atoms with Gasteiger partial charge in [0.1, 0.15) is 0 Å². The Morgan fingerprint density at radius 2 is 1.56 bits per heavy atom. The zero-order valence-electron chi connectivity index (χ0n) is 14.2. The van der Waals surface area contributed by atoms with Gasteiger partial charge in [-0.25, -0.2) is 4.99 Å². The molecule has 1 heterocycles. The number of carbonyl (C=O) groups is 1. The van der Waals surface area contributed by atoms with Crippen LogP contribution >= 0.6 is 23.2 Å². The molecule has 0 unspecified atom stereocenters. The monoisotopic (exact) mass is 395 g/mol. The summed E-state index contributed by atoms with van der Waals surface area (Å²) in [7, 11) is 0. The first-order chi connectivity index (χ1) is 13.1. The summed E-state index contributed by atoms with van der Waals surface area (Å²) in [4.78, 5) is 17.7. The van der Waals surface area contributed by atoms with Gasteiger partial charge in [-0.05, 0) is 24.3 Å². The van der Waals surface area contributed by atoms with Crippen LogP contribution in [-0.2, 0) is 4.74 Å². The minimum absolute atomic E-state index is 0.113. The number of aliphatic imine (C=N–C) groups is 1. The number of ether oxygens (including phenoxy) is 1. The van der Waals surface area contributed by atoms with Gasteiger partial charge in [0.05, 0.1) is 0 Å². The molecule has 0 aliphatic carbocycles. The summed E-state index contributed by atoms with van der Waals surface area (Å²) in [5, 5.41) is 0.972. The molecule has 0 aromatic heterocycles. The molecule has 0 saturated heterocycles. The average Bonchev–Trinajstić information content (AvgIpc) is 3.14. The van der Waals surface area contributed by atoms with Crippen LogP contribution in [0.25, 0.3) is 0 Å². The summed E-state index contributed by atoms with van der Waals surface area (Å²) in [6, 6.07) is 23.0. The molecule has 0 saturated carbocycles.